The Morgan fingerprint density at radius 2 is 1.85 bits per heavy atom. The Balaban J connectivity index is 1.84. The summed E-state index contributed by atoms with van der Waals surface area (Å²) < 4.78 is 27.2. The largest absolute Gasteiger partial charge is 0.399 e. The van der Waals surface area contributed by atoms with Gasteiger partial charge < -0.3 is 22.1 Å². The summed E-state index contributed by atoms with van der Waals surface area (Å²) in [6.07, 6.45) is 1.31. The first kappa shape index (κ1) is 18.1. The second-order valence-corrected chi connectivity index (χ2v) is 5.79. The molecular formula is C19H17F2N5O. The lowest BCUT2D eigenvalue weighted by atomic mass is 10.1. The summed E-state index contributed by atoms with van der Waals surface area (Å²) >= 11 is 0. The van der Waals surface area contributed by atoms with Crippen molar-refractivity contribution < 1.29 is 13.6 Å². The van der Waals surface area contributed by atoms with E-state index in [9.17, 15) is 13.6 Å². The molecule has 0 aliphatic carbocycles. The molecule has 0 bridgehead atoms. The summed E-state index contributed by atoms with van der Waals surface area (Å²) in [5.74, 6) is -2.14. The summed E-state index contributed by atoms with van der Waals surface area (Å²) in [6.45, 7) is -0.0325. The molecule has 6 N–H and O–H groups in total. The number of rotatable bonds is 6. The molecule has 0 aliphatic rings. The van der Waals surface area contributed by atoms with E-state index in [0.29, 0.717) is 17.2 Å². The summed E-state index contributed by atoms with van der Waals surface area (Å²) in [5, 5.41) is 5.97. The van der Waals surface area contributed by atoms with Gasteiger partial charge in [-0.05, 0) is 30.3 Å². The van der Waals surface area contributed by atoms with Crippen LogP contribution in [-0.4, -0.2) is 10.9 Å². The standard InChI is InChI=1S/C19H17F2N5O/c20-15-3-1-2-11(18(15)21)9-24-16-8-17(25-10-14(16)19(23)27)26-13-6-4-12(22)5-7-13/h1-8,10H,9,22H2,(H2,23,27)(H2,24,25,26). The van der Waals surface area contributed by atoms with Crippen LogP contribution in [0, 0.1) is 11.6 Å². The van der Waals surface area contributed by atoms with Gasteiger partial charge in [0.1, 0.15) is 5.82 Å². The number of anilines is 4. The van der Waals surface area contributed by atoms with Crippen LogP contribution < -0.4 is 22.1 Å². The third-order valence-corrected chi connectivity index (χ3v) is 3.85. The number of carbonyl (C=O) groups is 1. The van der Waals surface area contributed by atoms with Gasteiger partial charge in [-0.3, -0.25) is 4.79 Å². The van der Waals surface area contributed by atoms with Crippen LogP contribution in [0.4, 0.5) is 31.7 Å². The van der Waals surface area contributed by atoms with E-state index in [2.05, 4.69) is 15.6 Å². The van der Waals surface area contributed by atoms with E-state index in [-0.39, 0.29) is 17.7 Å². The molecule has 0 atom stereocenters. The maximum Gasteiger partial charge on any atom is 0.252 e. The molecule has 1 amide bonds. The average Bonchev–Trinajstić information content (AvgIpc) is 2.65. The predicted octanol–water partition coefficient (Wildman–Crippen LogP) is 3.40. The van der Waals surface area contributed by atoms with Gasteiger partial charge in [-0.15, -0.1) is 0 Å². The van der Waals surface area contributed by atoms with Gasteiger partial charge in [-0.2, -0.15) is 0 Å². The quantitative estimate of drug-likeness (QED) is 0.498. The third-order valence-electron chi connectivity index (χ3n) is 3.85. The van der Waals surface area contributed by atoms with Crippen molar-refractivity contribution in [3.8, 4) is 0 Å². The second-order valence-electron chi connectivity index (χ2n) is 5.79. The zero-order valence-corrected chi connectivity index (χ0v) is 14.2. The molecule has 0 radical (unpaired) electrons. The number of benzene rings is 2. The van der Waals surface area contributed by atoms with Crippen LogP contribution in [0.25, 0.3) is 0 Å². The lowest BCUT2D eigenvalue weighted by molar-refractivity contribution is 0.100. The lowest BCUT2D eigenvalue weighted by Gasteiger charge is -2.13. The molecule has 0 spiro atoms. The van der Waals surface area contributed by atoms with Crippen molar-refractivity contribution in [2.45, 2.75) is 6.54 Å². The van der Waals surface area contributed by atoms with E-state index in [4.69, 9.17) is 11.5 Å². The first-order chi connectivity index (χ1) is 12.9. The Morgan fingerprint density at radius 1 is 1.11 bits per heavy atom. The van der Waals surface area contributed by atoms with Crippen molar-refractivity contribution >= 4 is 28.8 Å². The van der Waals surface area contributed by atoms with Gasteiger partial charge in [0.2, 0.25) is 0 Å². The zero-order valence-electron chi connectivity index (χ0n) is 14.2. The minimum absolute atomic E-state index is 0.0325. The Kier molecular flexibility index (Phi) is 5.16. The van der Waals surface area contributed by atoms with Crippen molar-refractivity contribution in [2.75, 3.05) is 16.4 Å². The molecule has 0 unspecified atom stereocenters. The van der Waals surface area contributed by atoms with Gasteiger partial charge in [-0.25, -0.2) is 13.8 Å². The normalized spacial score (nSPS) is 10.4. The fraction of sp³-hybridized carbons (Fsp3) is 0.0526. The number of halogens is 2. The molecule has 0 aliphatic heterocycles. The molecular weight excluding hydrogens is 352 g/mol. The molecule has 6 nitrogen and oxygen atoms in total. The average molecular weight is 369 g/mol. The number of carbonyl (C=O) groups excluding carboxylic acids is 1. The number of nitrogens with one attached hydrogen (secondary N) is 2. The summed E-state index contributed by atoms with van der Waals surface area (Å²) in [6, 6.07) is 12.5. The van der Waals surface area contributed by atoms with Crippen LogP contribution in [0.15, 0.2) is 54.7 Å². The highest BCUT2D eigenvalue weighted by atomic mass is 19.2. The Hall–Kier alpha value is -3.68. The van der Waals surface area contributed by atoms with Crippen LogP contribution in [0.3, 0.4) is 0 Å². The molecule has 138 valence electrons. The Labute approximate surface area is 154 Å². The number of nitrogens with two attached hydrogens (primary N) is 2. The SMILES string of the molecule is NC(=O)c1cnc(Nc2ccc(N)cc2)cc1NCc1cccc(F)c1F. The molecule has 0 fully saturated rings. The highest BCUT2D eigenvalue weighted by Gasteiger charge is 2.12. The fourth-order valence-corrected chi connectivity index (χ4v) is 2.46. The van der Waals surface area contributed by atoms with E-state index in [0.717, 1.165) is 11.8 Å². The molecule has 0 saturated heterocycles. The van der Waals surface area contributed by atoms with Crippen molar-refractivity contribution in [1.29, 1.82) is 0 Å². The minimum Gasteiger partial charge on any atom is -0.399 e. The number of pyridine rings is 1. The smallest absolute Gasteiger partial charge is 0.252 e. The van der Waals surface area contributed by atoms with Crippen molar-refractivity contribution in [3.63, 3.8) is 0 Å². The number of nitrogens with zero attached hydrogens (tertiary/aromatic N) is 1. The Morgan fingerprint density at radius 3 is 2.56 bits per heavy atom. The van der Waals surface area contributed by atoms with Gasteiger partial charge >= 0.3 is 0 Å². The Bertz CT molecular complexity index is 976. The van der Waals surface area contributed by atoms with E-state index in [1.54, 1.807) is 30.3 Å². The second kappa shape index (κ2) is 7.69. The first-order valence-electron chi connectivity index (χ1n) is 8.03. The number of hydrogen-bond acceptors (Lipinski definition) is 5. The van der Waals surface area contributed by atoms with Crippen LogP contribution in [-0.2, 0) is 6.54 Å². The molecule has 8 heteroatoms. The fourth-order valence-electron chi connectivity index (χ4n) is 2.46. The summed E-state index contributed by atoms with van der Waals surface area (Å²) in [5.41, 5.74) is 13.0. The highest BCUT2D eigenvalue weighted by molar-refractivity contribution is 5.98. The summed E-state index contributed by atoms with van der Waals surface area (Å²) in [7, 11) is 0. The van der Waals surface area contributed by atoms with Crippen LogP contribution in [0.5, 0.6) is 0 Å². The predicted molar refractivity (Wildman–Crippen MR) is 101 cm³/mol. The van der Waals surface area contributed by atoms with Gasteiger partial charge in [0.25, 0.3) is 5.91 Å². The maximum atomic E-state index is 13.8. The molecule has 1 heterocycles. The van der Waals surface area contributed by atoms with Crippen LogP contribution in [0.2, 0.25) is 0 Å². The molecule has 3 rings (SSSR count). The van der Waals surface area contributed by atoms with Crippen molar-refractivity contribution in [2.24, 2.45) is 5.73 Å². The van der Waals surface area contributed by atoms with E-state index in [1.165, 1.54) is 18.3 Å². The molecule has 1 aromatic heterocycles. The lowest BCUT2D eigenvalue weighted by Crippen LogP contribution is -2.15. The summed E-state index contributed by atoms with van der Waals surface area (Å²) in [4.78, 5) is 15.8. The van der Waals surface area contributed by atoms with Crippen LogP contribution >= 0.6 is 0 Å². The van der Waals surface area contributed by atoms with Crippen molar-refractivity contribution in [3.05, 3.63) is 77.5 Å². The molecule has 0 saturated carbocycles. The number of amides is 1. The molecule has 3 aromatic rings. The van der Waals surface area contributed by atoms with Gasteiger partial charge in [0.15, 0.2) is 11.6 Å². The minimum atomic E-state index is -0.945. The van der Waals surface area contributed by atoms with E-state index >= 15 is 0 Å². The third kappa shape index (κ3) is 4.30. The van der Waals surface area contributed by atoms with Gasteiger partial charge in [0, 0.05) is 35.7 Å². The monoisotopic (exact) mass is 369 g/mol. The van der Waals surface area contributed by atoms with Crippen LogP contribution in [0.1, 0.15) is 15.9 Å². The number of hydrogen-bond donors (Lipinski definition) is 4. The number of aromatic nitrogens is 1. The first-order valence-corrected chi connectivity index (χ1v) is 8.03. The highest BCUT2D eigenvalue weighted by Crippen LogP contribution is 2.23. The molecule has 2 aromatic carbocycles. The van der Waals surface area contributed by atoms with E-state index in [1.807, 2.05) is 0 Å². The molecule has 27 heavy (non-hydrogen) atoms. The van der Waals surface area contributed by atoms with Gasteiger partial charge in [-0.1, -0.05) is 12.1 Å². The van der Waals surface area contributed by atoms with Gasteiger partial charge in [0.05, 0.1) is 11.3 Å². The number of primary amides is 1. The number of nitrogen functional groups attached to an aromatic ring is 1. The maximum absolute atomic E-state index is 13.8. The zero-order chi connectivity index (χ0) is 19.4. The van der Waals surface area contributed by atoms with Crippen molar-refractivity contribution in [1.82, 2.24) is 4.98 Å². The topological polar surface area (TPSA) is 106 Å². The van der Waals surface area contributed by atoms with E-state index < -0.39 is 17.5 Å².